The number of carbonyl (C=O) groups excluding carboxylic acids is 1. The topological polar surface area (TPSA) is 42.4 Å². The van der Waals surface area contributed by atoms with Gasteiger partial charge in [0, 0.05) is 18.3 Å². The third-order valence-corrected chi connectivity index (χ3v) is 4.69. The van der Waals surface area contributed by atoms with Crippen molar-refractivity contribution >= 4 is 17.5 Å². The molecule has 1 fully saturated rings. The molecule has 2 aromatic rings. The molecule has 1 atom stereocenters. The summed E-state index contributed by atoms with van der Waals surface area (Å²) in [5.41, 5.74) is 1.74. The first-order valence-corrected chi connectivity index (χ1v) is 8.63. The minimum absolute atomic E-state index is 0.0158. The predicted octanol–water partition coefficient (Wildman–Crippen LogP) is 4.50. The van der Waals surface area contributed by atoms with E-state index >= 15 is 0 Å². The fourth-order valence-electron chi connectivity index (χ4n) is 3.23. The third kappa shape index (κ3) is 3.70. The van der Waals surface area contributed by atoms with E-state index in [9.17, 15) is 4.79 Å². The van der Waals surface area contributed by atoms with Gasteiger partial charge in [0.15, 0.2) is 0 Å². The highest BCUT2D eigenvalue weighted by Crippen LogP contribution is 2.32. The molecule has 1 aliphatic heterocycles. The molecule has 126 valence electrons. The highest BCUT2D eigenvalue weighted by Gasteiger charge is 2.27. The number of pyridine rings is 1. The summed E-state index contributed by atoms with van der Waals surface area (Å²) in [5, 5.41) is 0.344. The SMILES string of the molecule is COc1ccc([C@@H]2CCCCCN2C(=O)c2ccnc(Cl)c2)cc1. The van der Waals surface area contributed by atoms with Crippen molar-refractivity contribution in [2.45, 2.75) is 31.7 Å². The molecule has 0 radical (unpaired) electrons. The number of ether oxygens (including phenoxy) is 1. The Balaban J connectivity index is 1.90. The minimum Gasteiger partial charge on any atom is -0.497 e. The van der Waals surface area contributed by atoms with Gasteiger partial charge in [-0.2, -0.15) is 0 Å². The van der Waals surface area contributed by atoms with E-state index in [0.29, 0.717) is 10.7 Å². The quantitative estimate of drug-likeness (QED) is 0.770. The van der Waals surface area contributed by atoms with E-state index in [2.05, 4.69) is 17.1 Å². The van der Waals surface area contributed by atoms with E-state index in [1.165, 1.54) is 0 Å². The van der Waals surface area contributed by atoms with Crippen LogP contribution in [0.1, 0.15) is 47.6 Å². The summed E-state index contributed by atoms with van der Waals surface area (Å²) in [7, 11) is 1.66. The number of methoxy groups -OCH3 is 1. The Morgan fingerprint density at radius 1 is 1.21 bits per heavy atom. The van der Waals surface area contributed by atoms with E-state index in [-0.39, 0.29) is 11.9 Å². The van der Waals surface area contributed by atoms with Crippen molar-refractivity contribution < 1.29 is 9.53 Å². The van der Waals surface area contributed by atoms with Crippen molar-refractivity contribution in [2.24, 2.45) is 0 Å². The van der Waals surface area contributed by atoms with Crippen LogP contribution in [-0.2, 0) is 0 Å². The van der Waals surface area contributed by atoms with E-state index < -0.39 is 0 Å². The van der Waals surface area contributed by atoms with Crippen LogP contribution in [0.5, 0.6) is 5.75 Å². The predicted molar refractivity (Wildman–Crippen MR) is 94.5 cm³/mol. The summed E-state index contributed by atoms with van der Waals surface area (Å²) >= 11 is 5.95. The molecule has 1 aromatic heterocycles. The molecule has 4 nitrogen and oxygen atoms in total. The second-order valence-corrected chi connectivity index (χ2v) is 6.39. The maximum atomic E-state index is 13.0. The van der Waals surface area contributed by atoms with E-state index in [4.69, 9.17) is 16.3 Å². The smallest absolute Gasteiger partial charge is 0.254 e. The maximum Gasteiger partial charge on any atom is 0.254 e. The number of nitrogens with zero attached hydrogens (tertiary/aromatic N) is 2. The Hall–Kier alpha value is -2.07. The van der Waals surface area contributed by atoms with Crippen molar-refractivity contribution in [1.82, 2.24) is 9.88 Å². The highest BCUT2D eigenvalue weighted by molar-refractivity contribution is 6.29. The van der Waals surface area contributed by atoms with Gasteiger partial charge in [0.1, 0.15) is 10.9 Å². The number of rotatable bonds is 3. The maximum absolute atomic E-state index is 13.0. The molecule has 1 saturated heterocycles. The average Bonchev–Trinajstić information content (AvgIpc) is 2.87. The number of halogens is 1. The molecule has 0 spiro atoms. The number of aromatic nitrogens is 1. The number of benzene rings is 1. The summed E-state index contributed by atoms with van der Waals surface area (Å²) in [5.74, 6) is 0.841. The second kappa shape index (κ2) is 7.67. The van der Waals surface area contributed by atoms with Gasteiger partial charge in [-0.05, 0) is 42.7 Å². The molecular formula is C19H21ClN2O2. The summed E-state index contributed by atoms with van der Waals surface area (Å²) in [6.07, 6.45) is 5.84. The van der Waals surface area contributed by atoms with Gasteiger partial charge < -0.3 is 9.64 Å². The van der Waals surface area contributed by atoms with Gasteiger partial charge in [0.25, 0.3) is 5.91 Å². The molecule has 1 aromatic carbocycles. The largest absolute Gasteiger partial charge is 0.497 e. The normalized spacial score (nSPS) is 18.1. The van der Waals surface area contributed by atoms with Crippen molar-refractivity contribution in [1.29, 1.82) is 0 Å². The molecule has 3 rings (SSSR count). The lowest BCUT2D eigenvalue weighted by atomic mass is 10.00. The second-order valence-electron chi connectivity index (χ2n) is 6.00. The fourth-order valence-corrected chi connectivity index (χ4v) is 3.40. The molecule has 2 heterocycles. The molecule has 0 saturated carbocycles. The van der Waals surface area contributed by atoms with Gasteiger partial charge in [0.2, 0.25) is 0 Å². The zero-order valence-corrected chi connectivity index (χ0v) is 14.5. The van der Waals surface area contributed by atoms with Crippen LogP contribution >= 0.6 is 11.6 Å². The highest BCUT2D eigenvalue weighted by atomic mass is 35.5. The van der Waals surface area contributed by atoms with Crippen LogP contribution < -0.4 is 4.74 Å². The van der Waals surface area contributed by atoms with Crippen molar-refractivity contribution in [2.75, 3.05) is 13.7 Å². The van der Waals surface area contributed by atoms with Crippen LogP contribution in [0.4, 0.5) is 0 Å². The van der Waals surface area contributed by atoms with Gasteiger partial charge >= 0.3 is 0 Å². The lowest BCUT2D eigenvalue weighted by molar-refractivity contribution is 0.0681. The first-order valence-electron chi connectivity index (χ1n) is 8.25. The Morgan fingerprint density at radius 3 is 2.71 bits per heavy atom. The monoisotopic (exact) mass is 344 g/mol. The Morgan fingerprint density at radius 2 is 2.00 bits per heavy atom. The standard InChI is InChI=1S/C19H21ClN2O2/c1-24-16-8-6-14(7-9-16)17-5-3-2-4-12-22(17)19(23)15-10-11-21-18(20)13-15/h6-11,13,17H,2-5,12H2,1H3/t17-/m0/s1. The summed E-state index contributed by atoms with van der Waals surface area (Å²) in [6.45, 7) is 0.759. The molecule has 24 heavy (non-hydrogen) atoms. The van der Waals surface area contributed by atoms with Gasteiger partial charge in [-0.3, -0.25) is 4.79 Å². The molecule has 1 amide bonds. The molecule has 0 N–H and O–H groups in total. The van der Waals surface area contributed by atoms with E-state index in [1.54, 1.807) is 25.4 Å². The van der Waals surface area contributed by atoms with Gasteiger partial charge in [-0.25, -0.2) is 4.98 Å². The first-order chi connectivity index (χ1) is 11.7. The third-order valence-electron chi connectivity index (χ3n) is 4.49. The van der Waals surface area contributed by atoms with Crippen LogP contribution in [-0.4, -0.2) is 29.4 Å². The lowest BCUT2D eigenvalue weighted by Gasteiger charge is -2.30. The van der Waals surface area contributed by atoms with E-state index in [1.807, 2.05) is 17.0 Å². The summed E-state index contributed by atoms with van der Waals surface area (Å²) in [4.78, 5) is 19.0. The van der Waals surface area contributed by atoms with Gasteiger partial charge in [0.05, 0.1) is 13.2 Å². The number of hydrogen-bond donors (Lipinski definition) is 0. The Labute approximate surface area is 147 Å². The molecule has 0 aliphatic carbocycles. The zero-order valence-electron chi connectivity index (χ0n) is 13.7. The fraction of sp³-hybridized carbons (Fsp3) is 0.368. The van der Waals surface area contributed by atoms with Crippen LogP contribution in [0.3, 0.4) is 0 Å². The van der Waals surface area contributed by atoms with Crippen molar-refractivity contribution in [3.05, 3.63) is 58.9 Å². The summed E-state index contributed by atoms with van der Waals surface area (Å²) < 4.78 is 5.24. The van der Waals surface area contributed by atoms with E-state index in [0.717, 1.165) is 43.5 Å². The van der Waals surface area contributed by atoms with Gasteiger partial charge in [-0.1, -0.05) is 36.6 Å². The Bertz CT molecular complexity index is 703. The first kappa shape index (κ1) is 16.8. The zero-order chi connectivity index (χ0) is 16.9. The minimum atomic E-state index is 0.0158. The lowest BCUT2D eigenvalue weighted by Crippen LogP contribution is -2.34. The van der Waals surface area contributed by atoms with Gasteiger partial charge in [-0.15, -0.1) is 0 Å². The number of carbonyl (C=O) groups is 1. The van der Waals surface area contributed by atoms with Crippen LogP contribution in [0.2, 0.25) is 5.15 Å². The molecule has 1 aliphatic rings. The van der Waals surface area contributed by atoms with Crippen molar-refractivity contribution in [3.63, 3.8) is 0 Å². The number of likely N-dealkylation sites (tertiary alicyclic amines) is 1. The number of hydrogen-bond acceptors (Lipinski definition) is 3. The average molecular weight is 345 g/mol. The number of amides is 1. The van der Waals surface area contributed by atoms with Crippen LogP contribution in [0.25, 0.3) is 0 Å². The van der Waals surface area contributed by atoms with Crippen molar-refractivity contribution in [3.8, 4) is 5.75 Å². The van der Waals surface area contributed by atoms with Crippen LogP contribution in [0.15, 0.2) is 42.6 Å². The molecule has 5 heteroatoms. The Kier molecular flexibility index (Phi) is 5.36. The molecule has 0 unspecified atom stereocenters. The molecule has 0 bridgehead atoms. The van der Waals surface area contributed by atoms with Crippen LogP contribution in [0, 0.1) is 0 Å². The summed E-state index contributed by atoms with van der Waals surface area (Å²) in [6, 6.07) is 11.4. The molecular weight excluding hydrogens is 324 g/mol.